The van der Waals surface area contributed by atoms with E-state index < -0.39 is 15.1 Å². The normalized spacial score (nSPS) is 17.6. The standard InChI is InChI=1S/C32H68P.F6P/c1-8-15-19-20-21-22-26-33(27-30(12-5)23-16-9-2,28-31(13-6)24-17-10-3)29-32(14-7)25-18-11-4;1-7(2,3,4,5)6/h30-32H,8-29H2,1-7H3;/q+1;-1. The summed E-state index contributed by atoms with van der Waals surface area (Å²) >= 11 is 0. The summed E-state index contributed by atoms with van der Waals surface area (Å²) in [5.74, 6) is 3.02. The molecule has 0 saturated carbocycles. The topological polar surface area (TPSA) is 0 Å². The van der Waals surface area contributed by atoms with Gasteiger partial charge >= 0.3 is 33.0 Å². The van der Waals surface area contributed by atoms with Crippen LogP contribution in [0, 0.1) is 17.8 Å². The second kappa shape index (κ2) is 21.2. The van der Waals surface area contributed by atoms with Crippen LogP contribution in [-0.2, 0) is 0 Å². The first-order chi connectivity index (χ1) is 18.5. The summed E-state index contributed by atoms with van der Waals surface area (Å²) in [6, 6.07) is 0. The number of hydrogen-bond donors (Lipinski definition) is 0. The van der Waals surface area contributed by atoms with Gasteiger partial charge in [0.2, 0.25) is 0 Å². The van der Waals surface area contributed by atoms with Gasteiger partial charge in [-0.05, 0) is 69.1 Å². The van der Waals surface area contributed by atoms with E-state index in [4.69, 9.17) is 0 Å². The van der Waals surface area contributed by atoms with E-state index >= 15 is 0 Å². The monoisotopic (exact) mass is 628 g/mol. The molecule has 0 N–H and O–H groups in total. The van der Waals surface area contributed by atoms with E-state index in [1.165, 1.54) is 116 Å². The van der Waals surface area contributed by atoms with Crippen molar-refractivity contribution >= 4 is 15.1 Å². The molecule has 0 fully saturated rings. The molecular formula is C32H68F6P2. The molecule has 3 atom stereocenters. The predicted octanol–water partition coefficient (Wildman–Crippen LogP) is 15.4. The van der Waals surface area contributed by atoms with E-state index in [1.807, 2.05) is 0 Å². The van der Waals surface area contributed by atoms with E-state index in [-0.39, 0.29) is 0 Å². The molecule has 0 nitrogen and oxygen atoms in total. The zero-order chi connectivity index (χ0) is 31.2. The maximum absolute atomic E-state index is 10.7. The van der Waals surface area contributed by atoms with Crippen LogP contribution in [0.15, 0.2) is 0 Å². The molecule has 248 valence electrons. The van der Waals surface area contributed by atoms with Gasteiger partial charge in [-0.25, -0.2) is 0 Å². The maximum atomic E-state index is 9.87. The molecule has 0 aromatic rings. The SMILES string of the molecule is CCCCCCCC[P+](CC(CC)CCCC)(CC(CC)CCCC)CC(CC)CCCC.F[P-](F)(F)(F)(F)F. The van der Waals surface area contributed by atoms with Gasteiger partial charge < -0.3 is 0 Å². The van der Waals surface area contributed by atoms with E-state index in [1.54, 1.807) is 24.6 Å². The average molecular weight is 629 g/mol. The third kappa shape index (κ3) is 29.9. The first-order valence-corrected chi connectivity index (χ1v) is 21.5. The van der Waals surface area contributed by atoms with Crippen molar-refractivity contribution in [2.75, 3.05) is 24.6 Å². The molecule has 0 aliphatic rings. The van der Waals surface area contributed by atoms with Crippen molar-refractivity contribution in [2.24, 2.45) is 17.8 Å². The molecule has 0 saturated heterocycles. The number of rotatable bonds is 25. The van der Waals surface area contributed by atoms with Crippen molar-refractivity contribution in [1.82, 2.24) is 0 Å². The van der Waals surface area contributed by atoms with Crippen molar-refractivity contribution < 1.29 is 25.2 Å². The summed E-state index contributed by atoms with van der Waals surface area (Å²) in [6.45, 7) is 17.0. The van der Waals surface area contributed by atoms with Gasteiger partial charge in [-0.15, -0.1) is 0 Å². The fraction of sp³-hybridized carbons (Fsp3) is 1.00. The van der Waals surface area contributed by atoms with Gasteiger partial charge in [-0.3, -0.25) is 0 Å². The Morgan fingerprint density at radius 2 is 0.700 bits per heavy atom. The van der Waals surface area contributed by atoms with Crippen LogP contribution in [0.3, 0.4) is 0 Å². The van der Waals surface area contributed by atoms with E-state index in [2.05, 4.69) is 48.5 Å². The Hall–Kier alpha value is 0.440. The summed E-state index contributed by atoms with van der Waals surface area (Å²) in [7, 11) is -11.5. The van der Waals surface area contributed by atoms with Crippen LogP contribution in [0.5, 0.6) is 0 Å². The third-order valence-corrected chi connectivity index (χ3v) is 13.7. The van der Waals surface area contributed by atoms with Crippen LogP contribution in [0.25, 0.3) is 0 Å². The molecule has 40 heavy (non-hydrogen) atoms. The van der Waals surface area contributed by atoms with Gasteiger partial charge in [0.25, 0.3) is 0 Å². The molecule has 3 unspecified atom stereocenters. The van der Waals surface area contributed by atoms with Crippen molar-refractivity contribution in [2.45, 2.75) is 164 Å². The zero-order valence-electron chi connectivity index (χ0n) is 27.5. The Labute approximate surface area is 246 Å². The molecule has 0 radical (unpaired) electrons. The molecule has 8 heteroatoms. The van der Waals surface area contributed by atoms with Crippen LogP contribution < -0.4 is 0 Å². The molecule has 0 aromatic heterocycles. The quantitative estimate of drug-likeness (QED) is 0.0536. The molecule has 0 bridgehead atoms. The van der Waals surface area contributed by atoms with Gasteiger partial charge in [0.15, 0.2) is 0 Å². The Bertz CT molecular complexity index is 522. The van der Waals surface area contributed by atoms with E-state index in [0.29, 0.717) is 0 Å². The molecule has 0 rings (SSSR count). The average Bonchev–Trinajstić information content (AvgIpc) is 2.86. The predicted molar refractivity (Wildman–Crippen MR) is 173 cm³/mol. The Balaban J connectivity index is 0. The number of halogens is 6. The number of unbranched alkanes of at least 4 members (excludes halogenated alkanes) is 8. The molecule has 0 aliphatic carbocycles. The second-order valence-corrected chi connectivity index (χ2v) is 18.7. The summed E-state index contributed by atoms with van der Waals surface area (Å²) in [6.07, 6.45) is 32.7. The van der Waals surface area contributed by atoms with Gasteiger partial charge in [0, 0.05) is 7.26 Å². The summed E-state index contributed by atoms with van der Waals surface area (Å²) < 4.78 is 59.2. The summed E-state index contributed by atoms with van der Waals surface area (Å²) in [5, 5.41) is 0. The minimum atomic E-state index is -10.7. The van der Waals surface area contributed by atoms with Gasteiger partial charge in [-0.2, -0.15) is 0 Å². The molecular weight excluding hydrogens is 560 g/mol. The fourth-order valence-electron chi connectivity index (χ4n) is 6.12. The van der Waals surface area contributed by atoms with Crippen LogP contribution in [0.4, 0.5) is 25.2 Å². The molecule has 0 amide bonds. The Morgan fingerprint density at radius 1 is 0.425 bits per heavy atom. The first kappa shape index (κ1) is 42.6. The van der Waals surface area contributed by atoms with Crippen LogP contribution in [-0.4, -0.2) is 24.6 Å². The third-order valence-electron chi connectivity index (χ3n) is 8.55. The van der Waals surface area contributed by atoms with E-state index in [0.717, 1.165) is 17.8 Å². The zero-order valence-corrected chi connectivity index (χ0v) is 29.2. The van der Waals surface area contributed by atoms with Gasteiger partial charge in [0.1, 0.15) is 0 Å². The molecule has 0 aromatic carbocycles. The van der Waals surface area contributed by atoms with Crippen molar-refractivity contribution in [3.05, 3.63) is 0 Å². The second-order valence-electron chi connectivity index (χ2n) is 12.6. The van der Waals surface area contributed by atoms with Gasteiger partial charge in [-0.1, -0.05) is 113 Å². The van der Waals surface area contributed by atoms with E-state index in [9.17, 15) is 25.2 Å². The van der Waals surface area contributed by atoms with Crippen LogP contribution in [0.2, 0.25) is 0 Å². The number of hydrogen-bond acceptors (Lipinski definition) is 0. The van der Waals surface area contributed by atoms with Crippen molar-refractivity contribution in [3.63, 3.8) is 0 Å². The fourth-order valence-corrected chi connectivity index (χ4v) is 12.6. The first-order valence-electron chi connectivity index (χ1n) is 16.9. The van der Waals surface area contributed by atoms with Crippen LogP contribution in [0.1, 0.15) is 164 Å². The summed E-state index contributed by atoms with van der Waals surface area (Å²) in [4.78, 5) is 0. The van der Waals surface area contributed by atoms with Crippen LogP contribution >= 0.6 is 15.1 Å². The van der Waals surface area contributed by atoms with Gasteiger partial charge in [0.05, 0.1) is 24.6 Å². The molecule has 0 spiro atoms. The summed E-state index contributed by atoms with van der Waals surface area (Å²) in [5.41, 5.74) is 0. The molecule has 0 heterocycles. The molecule has 0 aliphatic heterocycles. The van der Waals surface area contributed by atoms with Crippen molar-refractivity contribution in [3.8, 4) is 0 Å². The van der Waals surface area contributed by atoms with Crippen molar-refractivity contribution in [1.29, 1.82) is 0 Å². The Kier molecular flexibility index (Phi) is 22.6. The minimum absolute atomic E-state index is 0.890. The Morgan fingerprint density at radius 3 is 0.975 bits per heavy atom.